The number of hydrazine groups is 1. The summed E-state index contributed by atoms with van der Waals surface area (Å²) in [5.41, 5.74) is 0. The third-order valence-corrected chi connectivity index (χ3v) is 2.00. The summed E-state index contributed by atoms with van der Waals surface area (Å²) in [6, 6.07) is 0.186. The molecule has 0 radical (unpaired) electrons. The molecule has 1 rings (SSSR count). The average molecular weight is 186 g/mol. The van der Waals surface area contributed by atoms with Crippen LogP contribution in [0.15, 0.2) is 5.10 Å². The van der Waals surface area contributed by atoms with Crippen molar-refractivity contribution in [1.82, 2.24) is 10.0 Å². The van der Waals surface area contributed by atoms with Gasteiger partial charge in [-0.25, -0.2) is 10.1 Å². The monoisotopic (exact) mass is 186 g/mol. The van der Waals surface area contributed by atoms with Crippen LogP contribution < -0.4 is 0 Å². The fourth-order valence-electron chi connectivity index (χ4n) is 1.39. The zero-order chi connectivity index (χ0) is 10.0. The van der Waals surface area contributed by atoms with Crippen LogP contribution in [-0.2, 0) is 0 Å². The highest BCUT2D eigenvalue weighted by Crippen LogP contribution is 2.17. The summed E-state index contributed by atoms with van der Waals surface area (Å²) in [6.45, 7) is 5.83. The summed E-state index contributed by atoms with van der Waals surface area (Å²) >= 11 is 0. The van der Waals surface area contributed by atoms with Crippen molar-refractivity contribution in [3.8, 4) is 0 Å². The zero-order valence-electron chi connectivity index (χ0n) is 8.04. The molecule has 0 aromatic rings. The Morgan fingerprint density at radius 3 is 2.69 bits per heavy atom. The minimum Gasteiger partial charge on any atom is -0.264 e. The van der Waals surface area contributed by atoms with Crippen molar-refractivity contribution in [2.45, 2.75) is 39.4 Å². The molecule has 6 nitrogen and oxygen atoms in total. The van der Waals surface area contributed by atoms with Gasteiger partial charge >= 0.3 is 0 Å². The van der Waals surface area contributed by atoms with E-state index < -0.39 is 5.03 Å². The standard InChI is InChI=1S/C7H14N4O2/c1-4-7-9(11(12)13)5-8-10(7)6(2)3/h5-7H,4H2,1-3H3. The lowest BCUT2D eigenvalue weighted by atomic mass is 10.3. The van der Waals surface area contributed by atoms with Gasteiger partial charge in [-0.1, -0.05) is 11.9 Å². The molecule has 0 saturated carbocycles. The summed E-state index contributed by atoms with van der Waals surface area (Å²) in [6.07, 6.45) is 1.71. The minimum atomic E-state index is -0.431. The lowest BCUT2D eigenvalue weighted by Gasteiger charge is -2.26. The number of hydrogen-bond donors (Lipinski definition) is 0. The van der Waals surface area contributed by atoms with Crippen LogP contribution in [0.1, 0.15) is 27.2 Å². The predicted molar refractivity (Wildman–Crippen MR) is 48.4 cm³/mol. The number of hydrazone groups is 1. The van der Waals surface area contributed by atoms with E-state index in [0.717, 1.165) is 5.01 Å². The molecular weight excluding hydrogens is 172 g/mol. The molecule has 1 heterocycles. The van der Waals surface area contributed by atoms with Gasteiger partial charge in [-0.15, -0.1) is 0 Å². The lowest BCUT2D eigenvalue weighted by Crippen LogP contribution is -2.44. The third kappa shape index (κ3) is 1.71. The average Bonchev–Trinajstić information content (AvgIpc) is 2.46. The summed E-state index contributed by atoms with van der Waals surface area (Å²) in [4.78, 5) is 10.6. The molecule has 1 aliphatic heterocycles. The van der Waals surface area contributed by atoms with Crippen molar-refractivity contribution in [2.75, 3.05) is 0 Å². The van der Waals surface area contributed by atoms with Gasteiger partial charge in [0.2, 0.25) is 0 Å². The first-order valence-corrected chi connectivity index (χ1v) is 4.33. The van der Waals surface area contributed by atoms with Crippen LogP contribution in [0.4, 0.5) is 0 Å². The van der Waals surface area contributed by atoms with Crippen LogP contribution in [0.25, 0.3) is 0 Å². The summed E-state index contributed by atoms with van der Waals surface area (Å²) in [7, 11) is 0. The lowest BCUT2D eigenvalue weighted by molar-refractivity contribution is -0.638. The second-order valence-corrected chi connectivity index (χ2v) is 3.21. The van der Waals surface area contributed by atoms with E-state index in [1.807, 2.05) is 20.8 Å². The van der Waals surface area contributed by atoms with Gasteiger partial charge in [-0.2, -0.15) is 5.10 Å². The normalized spacial score (nSPS) is 21.7. The van der Waals surface area contributed by atoms with Crippen molar-refractivity contribution in [1.29, 1.82) is 0 Å². The van der Waals surface area contributed by atoms with Crippen LogP contribution in [0.3, 0.4) is 0 Å². The van der Waals surface area contributed by atoms with Crippen molar-refractivity contribution in [3.63, 3.8) is 0 Å². The van der Waals surface area contributed by atoms with Crippen LogP contribution >= 0.6 is 0 Å². The molecule has 0 aromatic carbocycles. The van der Waals surface area contributed by atoms with Crippen molar-refractivity contribution in [2.24, 2.45) is 5.10 Å². The molecule has 1 atom stereocenters. The van der Waals surface area contributed by atoms with E-state index in [9.17, 15) is 10.1 Å². The van der Waals surface area contributed by atoms with E-state index in [-0.39, 0.29) is 12.2 Å². The zero-order valence-corrected chi connectivity index (χ0v) is 8.04. The molecule has 0 amide bonds. The highest BCUT2D eigenvalue weighted by atomic mass is 16.7. The fraction of sp³-hybridized carbons (Fsp3) is 0.857. The Morgan fingerprint density at radius 1 is 1.69 bits per heavy atom. The molecule has 1 unspecified atom stereocenters. The number of rotatable bonds is 3. The number of nitro groups is 1. The van der Waals surface area contributed by atoms with Gasteiger partial charge < -0.3 is 0 Å². The topological polar surface area (TPSA) is 62.0 Å². The molecule has 0 aromatic heterocycles. The maximum absolute atomic E-state index is 10.6. The molecule has 0 spiro atoms. The summed E-state index contributed by atoms with van der Waals surface area (Å²) in [5, 5.41) is 16.9. The van der Waals surface area contributed by atoms with E-state index in [4.69, 9.17) is 0 Å². The van der Waals surface area contributed by atoms with E-state index in [2.05, 4.69) is 5.10 Å². The van der Waals surface area contributed by atoms with E-state index in [1.54, 1.807) is 5.01 Å². The number of nitrogens with zero attached hydrogens (tertiary/aromatic N) is 4. The first-order valence-electron chi connectivity index (χ1n) is 4.33. The van der Waals surface area contributed by atoms with Crippen molar-refractivity contribution < 1.29 is 5.03 Å². The predicted octanol–water partition coefficient (Wildman–Crippen LogP) is 0.883. The van der Waals surface area contributed by atoms with Crippen molar-refractivity contribution >= 4 is 6.34 Å². The Labute approximate surface area is 76.9 Å². The van der Waals surface area contributed by atoms with Crippen LogP contribution in [0.2, 0.25) is 0 Å². The molecule has 0 fully saturated rings. The molecule has 0 bridgehead atoms. The Balaban J connectivity index is 2.75. The largest absolute Gasteiger partial charge is 0.264 e. The van der Waals surface area contributed by atoms with Gasteiger partial charge in [-0.3, -0.25) is 5.01 Å². The third-order valence-electron chi connectivity index (χ3n) is 2.00. The van der Waals surface area contributed by atoms with Gasteiger partial charge in [0.15, 0.2) is 17.5 Å². The Kier molecular flexibility index (Phi) is 2.69. The molecule has 0 N–H and O–H groups in total. The van der Waals surface area contributed by atoms with E-state index in [0.29, 0.717) is 6.42 Å². The number of hydrogen-bond acceptors (Lipinski definition) is 4. The maximum atomic E-state index is 10.6. The van der Waals surface area contributed by atoms with Crippen LogP contribution in [-0.4, -0.2) is 33.6 Å². The van der Waals surface area contributed by atoms with Gasteiger partial charge in [0, 0.05) is 6.04 Å². The Bertz CT molecular complexity index is 229. The van der Waals surface area contributed by atoms with Gasteiger partial charge in [-0.05, 0) is 20.3 Å². The first-order chi connectivity index (χ1) is 6.07. The highest BCUT2D eigenvalue weighted by molar-refractivity contribution is 5.55. The molecule has 74 valence electrons. The van der Waals surface area contributed by atoms with E-state index in [1.165, 1.54) is 6.34 Å². The molecule has 0 aliphatic carbocycles. The SMILES string of the molecule is CCC1N(C(C)C)N=CN1[N+](=O)[O-]. The second-order valence-electron chi connectivity index (χ2n) is 3.21. The molecule has 1 aliphatic rings. The summed E-state index contributed by atoms with van der Waals surface area (Å²) in [5.74, 6) is 0. The quantitative estimate of drug-likeness (QED) is 0.485. The molecular formula is C7H14N4O2. The Hall–Kier alpha value is -1.33. The van der Waals surface area contributed by atoms with Crippen molar-refractivity contribution in [3.05, 3.63) is 10.1 Å². The van der Waals surface area contributed by atoms with Gasteiger partial charge in [0.05, 0.1) is 0 Å². The first kappa shape index (κ1) is 9.76. The molecule has 13 heavy (non-hydrogen) atoms. The molecule has 0 saturated heterocycles. The summed E-state index contributed by atoms with van der Waals surface area (Å²) < 4.78 is 0. The van der Waals surface area contributed by atoms with Gasteiger partial charge in [0.1, 0.15) is 0 Å². The van der Waals surface area contributed by atoms with Crippen LogP contribution in [0, 0.1) is 10.1 Å². The Morgan fingerprint density at radius 2 is 2.31 bits per heavy atom. The molecule has 6 heteroatoms. The second kappa shape index (κ2) is 3.59. The van der Waals surface area contributed by atoms with Crippen LogP contribution in [0.5, 0.6) is 0 Å². The van der Waals surface area contributed by atoms with E-state index >= 15 is 0 Å². The maximum Gasteiger partial charge on any atom is 0.183 e. The minimum absolute atomic E-state index is 0.186. The fourth-order valence-corrected chi connectivity index (χ4v) is 1.39. The highest BCUT2D eigenvalue weighted by Gasteiger charge is 2.35. The van der Waals surface area contributed by atoms with Gasteiger partial charge in [0.25, 0.3) is 0 Å². The smallest absolute Gasteiger partial charge is 0.183 e.